The van der Waals surface area contributed by atoms with Crippen molar-refractivity contribution < 1.29 is 22.7 Å². The maximum absolute atomic E-state index is 13.9. The molecular formula is C30H34N4O5S. The molecule has 1 aromatic heterocycles. The van der Waals surface area contributed by atoms with Crippen LogP contribution in [0.5, 0.6) is 5.75 Å². The summed E-state index contributed by atoms with van der Waals surface area (Å²) in [7, 11) is -2.29. The van der Waals surface area contributed by atoms with Gasteiger partial charge >= 0.3 is 0 Å². The molecule has 210 valence electrons. The van der Waals surface area contributed by atoms with Crippen LogP contribution in [0.4, 0.5) is 0 Å². The number of methoxy groups -OCH3 is 1. The van der Waals surface area contributed by atoms with E-state index in [-0.39, 0.29) is 27.9 Å². The summed E-state index contributed by atoms with van der Waals surface area (Å²) >= 11 is 0. The highest BCUT2D eigenvalue weighted by molar-refractivity contribution is 7.91. The lowest BCUT2D eigenvalue weighted by Crippen LogP contribution is -2.47. The van der Waals surface area contributed by atoms with E-state index in [0.717, 1.165) is 38.2 Å². The smallest absolute Gasteiger partial charge is 0.274 e. The molecule has 1 saturated carbocycles. The number of ether oxygens (including phenoxy) is 2. The second-order valence-electron chi connectivity index (χ2n) is 11.4. The summed E-state index contributed by atoms with van der Waals surface area (Å²) in [4.78, 5) is 18.3. The summed E-state index contributed by atoms with van der Waals surface area (Å²) < 4.78 is 40.3. The first-order valence-corrected chi connectivity index (χ1v) is 15.8. The van der Waals surface area contributed by atoms with Gasteiger partial charge in [0.2, 0.25) is 0 Å². The Kier molecular flexibility index (Phi) is 6.25. The number of piperidine rings is 1. The number of carbonyl (C=O) groups is 1. The first-order chi connectivity index (χ1) is 19.4. The number of sulfone groups is 1. The first-order valence-electron chi connectivity index (χ1n) is 14.1. The number of amides is 1. The molecule has 0 unspecified atom stereocenters. The van der Waals surface area contributed by atoms with Crippen molar-refractivity contribution in [2.45, 2.75) is 54.9 Å². The third-order valence-corrected chi connectivity index (χ3v) is 10.4. The number of hydrogen-bond donors (Lipinski definition) is 0. The van der Waals surface area contributed by atoms with E-state index >= 15 is 0 Å². The highest BCUT2D eigenvalue weighted by atomic mass is 32.2. The molecule has 0 atom stereocenters. The van der Waals surface area contributed by atoms with E-state index in [2.05, 4.69) is 17.0 Å². The molecule has 3 fully saturated rings. The first kappa shape index (κ1) is 25.7. The average molecular weight is 563 g/mol. The number of morpholine rings is 1. The number of likely N-dealkylation sites (tertiary alicyclic amines) is 1. The van der Waals surface area contributed by atoms with Gasteiger partial charge in [0.1, 0.15) is 10.6 Å². The Morgan fingerprint density at radius 1 is 1.05 bits per heavy atom. The van der Waals surface area contributed by atoms with Crippen LogP contribution in [0.25, 0.3) is 16.9 Å². The summed E-state index contributed by atoms with van der Waals surface area (Å²) in [6.45, 7) is 4.59. The van der Waals surface area contributed by atoms with Gasteiger partial charge in [-0.1, -0.05) is 30.7 Å². The molecule has 10 heteroatoms. The van der Waals surface area contributed by atoms with E-state index < -0.39 is 9.84 Å². The molecule has 0 N–H and O–H groups in total. The van der Waals surface area contributed by atoms with Crippen LogP contribution in [0.2, 0.25) is 0 Å². The molecule has 2 saturated heterocycles. The van der Waals surface area contributed by atoms with Crippen molar-refractivity contribution >= 4 is 15.7 Å². The molecule has 0 bridgehead atoms. The summed E-state index contributed by atoms with van der Waals surface area (Å²) in [5.74, 6) is -0.253. The van der Waals surface area contributed by atoms with Crippen LogP contribution in [0, 0.1) is 0 Å². The summed E-state index contributed by atoms with van der Waals surface area (Å²) in [5, 5.41) is 4.84. The van der Waals surface area contributed by atoms with Crippen molar-refractivity contribution in [2.75, 3.05) is 39.9 Å². The second-order valence-corrected chi connectivity index (χ2v) is 13.4. The Labute approximate surface area is 234 Å². The summed E-state index contributed by atoms with van der Waals surface area (Å²) in [5.41, 5.74) is 3.53. The third kappa shape index (κ3) is 4.42. The van der Waals surface area contributed by atoms with Crippen LogP contribution in [0.1, 0.15) is 53.7 Å². The van der Waals surface area contributed by atoms with Gasteiger partial charge in [-0.3, -0.25) is 9.69 Å². The van der Waals surface area contributed by atoms with Crippen molar-refractivity contribution in [1.29, 1.82) is 0 Å². The molecule has 9 nitrogen and oxygen atoms in total. The highest BCUT2D eigenvalue weighted by Crippen LogP contribution is 2.46. The van der Waals surface area contributed by atoms with Crippen LogP contribution in [0.15, 0.2) is 47.4 Å². The topological polar surface area (TPSA) is 94.0 Å². The lowest BCUT2D eigenvalue weighted by atomic mass is 10.0. The Hall–Kier alpha value is -3.21. The number of aromatic nitrogens is 2. The zero-order valence-corrected chi connectivity index (χ0v) is 23.6. The fourth-order valence-corrected chi connectivity index (χ4v) is 8.15. The molecule has 3 aromatic rings. The molecule has 0 radical (unpaired) electrons. The standard InChI is InChI=1S/C30H34N4O5S/c1-38-25-7-5-6-23-27-24(19-40(36,37)28(23)25)26(29(35)33-16-17-39-30(20-33)12-13-30)31-34(27)22-10-8-21(9-11-22)18-32-14-3-2-4-15-32/h5-11H,2-4,12-20H2,1H3. The van der Waals surface area contributed by atoms with E-state index in [4.69, 9.17) is 14.6 Å². The SMILES string of the molecule is COc1cccc2c1S(=O)(=O)Cc1c(C(=O)N3CCOC4(CC4)C3)nn(-c3ccc(CN4CCCCC4)cc3)c1-2. The van der Waals surface area contributed by atoms with Crippen molar-refractivity contribution in [3.63, 3.8) is 0 Å². The Morgan fingerprint density at radius 3 is 2.55 bits per heavy atom. The van der Waals surface area contributed by atoms with Crippen LogP contribution < -0.4 is 4.74 Å². The summed E-state index contributed by atoms with van der Waals surface area (Å²) in [6.07, 6.45) is 5.66. The molecular weight excluding hydrogens is 528 g/mol. The molecule has 3 aliphatic heterocycles. The highest BCUT2D eigenvalue weighted by Gasteiger charge is 2.49. The van der Waals surface area contributed by atoms with Gasteiger partial charge < -0.3 is 14.4 Å². The second kappa shape index (κ2) is 9.71. The van der Waals surface area contributed by atoms with Crippen molar-refractivity contribution in [3.8, 4) is 22.7 Å². The van der Waals surface area contributed by atoms with Gasteiger partial charge in [0, 0.05) is 24.2 Å². The largest absolute Gasteiger partial charge is 0.495 e. The van der Waals surface area contributed by atoms with E-state index in [1.807, 2.05) is 12.1 Å². The molecule has 40 heavy (non-hydrogen) atoms. The van der Waals surface area contributed by atoms with Gasteiger partial charge in [0.05, 0.1) is 43.0 Å². The van der Waals surface area contributed by atoms with Gasteiger partial charge in [0.15, 0.2) is 15.5 Å². The zero-order valence-electron chi connectivity index (χ0n) is 22.8. The maximum atomic E-state index is 13.9. The number of fused-ring (bicyclic) bond motifs is 3. The predicted molar refractivity (Wildman–Crippen MR) is 149 cm³/mol. The van der Waals surface area contributed by atoms with Crippen molar-refractivity contribution in [3.05, 3.63) is 59.3 Å². The fourth-order valence-electron chi connectivity index (χ4n) is 6.40. The van der Waals surface area contributed by atoms with Crippen LogP contribution in [0.3, 0.4) is 0 Å². The normalized spacial score (nSPS) is 21.1. The number of benzene rings is 2. The Morgan fingerprint density at radius 2 is 1.82 bits per heavy atom. The number of nitrogens with zero attached hydrogens (tertiary/aromatic N) is 4. The molecule has 1 amide bonds. The molecule has 1 spiro atoms. The van der Waals surface area contributed by atoms with E-state index in [0.29, 0.717) is 42.3 Å². The van der Waals surface area contributed by atoms with E-state index in [9.17, 15) is 13.2 Å². The molecule has 4 heterocycles. The lowest BCUT2D eigenvalue weighted by Gasteiger charge is -2.33. The van der Waals surface area contributed by atoms with Gasteiger partial charge in [-0.25, -0.2) is 13.1 Å². The van der Waals surface area contributed by atoms with Gasteiger partial charge in [-0.2, -0.15) is 5.10 Å². The minimum Gasteiger partial charge on any atom is -0.495 e. The maximum Gasteiger partial charge on any atom is 0.274 e. The molecule has 2 aromatic carbocycles. The van der Waals surface area contributed by atoms with Crippen molar-refractivity contribution in [1.82, 2.24) is 19.6 Å². The molecule has 1 aliphatic carbocycles. The summed E-state index contributed by atoms with van der Waals surface area (Å²) in [6, 6.07) is 13.4. The molecule has 4 aliphatic rings. The number of carbonyl (C=O) groups excluding carboxylic acids is 1. The fraction of sp³-hybridized carbons (Fsp3) is 0.467. The third-order valence-electron chi connectivity index (χ3n) is 8.66. The Bertz CT molecular complexity index is 1570. The van der Waals surface area contributed by atoms with Gasteiger partial charge in [-0.05, 0) is 62.5 Å². The van der Waals surface area contributed by atoms with Crippen LogP contribution >= 0.6 is 0 Å². The van der Waals surface area contributed by atoms with Crippen LogP contribution in [-0.4, -0.2) is 79.4 Å². The van der Waals surface area contributed by atoms with Crippen molar-refractivity contribution in [2.24, 2.45) is 0 Å². The number of rotatable bonds is 5. The monoisotopic (exact) mass is 562 g/mol. The number of hydrogen-bond acceptors (Lipinski definition) is 7. The Balaban J connectivity index is 1.32. The zero-order chi connectivity index (χ0) is 27.5. The predicted octanol–water partition coefficient (Wildman–Crippen LogP) is 3.83. The van der Waals surface area contributed by atoms with Crippen LogP contribution in [-0.2, 0) is 26.9 Å². The minimum atomic E-state index is -3.77. The van der Waals surface area contributed by atoms with E-state index in [1.165, 1.54) is 31.9 Å². The van der Waals surface area contributed by atoms with E-state index in [1.54, 1.807) is 27.8 Å². The quantitative estimate of drug-likeness (QED) is 0.467. The minimum absolute atomic E-state index is 0.148. The van der Waals surface area contributed by atoms with Gasteiger partial charge in [-0.15, -0.1) is 0 Å². The average Bonchev–Trinajstić information content (AvgIpc) is 3.60. The lowest BCUT2D eigenvalue weighted by molar-refractivity contribution is -0.0377. The molecule has 7 rings (SSSR count). The van der Waals surface area contributed by atoms with Gasteiger partial charge in [0.25, 0.3) is 5.91 Å².